The van der Waals surface area contributed by atoms with Gasteiger partial charge in [0.05, 0.1) is 20.0 Å². The van der Waals surface area contributed by atoms with Crippen molar-refractivity contribution < 1.29 is 14.3 Å². The minimum Gasteiger partial charge on any atom is -0.493 e. The van der Waals surface area contributed by atoms with Gasteiger partial charge in [0.2, 0.25) is 5.91 Å². The number of hydrogen-bond donors (Lipinski definition) is 1. The van der Waals surface area contributed by atoms with E-state index in [1.807, 2.05) is 25.1 Å². The highest BCUT2D eigenvalue weighted by Crippen LogP contribution is 2.30. The molecule has 0 fully saturated rings. The monoisotopic (exact) mass is 396 g/mol. The Morgan fingerprint density at radius 1 is 1.11 bits per heavy atom. The van der Waals surface area contributed by atoms with E-state index in [4.69, 9.17) is 9.47 Å². The number of methoxy groups -OCH3 is 2. The third-order valence-corrected chi connectivity index (χ3v) is 4.68. The summed E-state index contributed by atoms with van der Waals surface area (Å²) in [5.41, 5.74) is 2.30. The molecule has 7 nitrogen and oxygen atoms in total. The van der Waals surface area contributed by atoms with Gasteiger partial charge >= 0.3 is 0 Å². The van der Waals surface area contributed by atoms with Crippen molar-refractivity contribution in [2.24, 2.45) is 0 Å². The minimum absolute atomic E-state index is 0.142. The minimum atomic E-state index is -0.142. The zero-order valence-electron chi connectivity index (χ0n) is 15.8. The molecule has 0 saturated carbocycles. The molecule has 8 heteroatoms. The highest BCUT2D eigenvalue weighted by molar-refractivity contribution is 7.99. The summed E-state index contributed by atoms with van der Waals surface area (Å²) in [6.45, 7) is 1.90. The van der Waals surface area contributed by atoms with Gasteiger partial charge in [0.15, 0.2) is 17.3 Å². The van der Waals surface area contributed by atoms with Crippen molar-refractivity contribution in [3.63, 3.8) is 0 Å². The van der Waals surface area contributed by atoms with Crippen LogP contribution in [-0.2, 0) is 4.79 Å². The van der Waals surface area contributed by atoms with Gasteiger partial charge in [-0.3, -0.25) is 9.78 Å². The van der Waals surface area contributed by atoms with Gasteiger partial charge in [0, 0.05) is 35.4 Å². The second kappa shape index (κ2) is 9.18. The Hall–Kier alpha value is -3.13. The summed E-state index contributed by atoms with van der Waals surface area (Å²) in [5, 5.41) is 3.58. The zero-order chi connectivity index (χ0) is 19.9. The summed E-state index contributed by atoms with van der Waals surface area (Å²) < 4.78 is 10.5. The van der Waals surface area contributed by atoms with E-state index in [1.165, 1.54) is 11.8 Å². The van der Waals surface area contributed by atoms with Crippen LogP contribution in [0.1, 0.15) is 5.69 Å². The number of carbonyl (C=O) groups is 1. The van der Waals surface area contributed by atoms with Crippen molar-refractivity contribution in [2.45, 2.75) is 11.9 Å². The molecule has 0 saturated heterocycles. The number of thioether (sulfide) groups is 1. The van der Waals surface area contributed by atoms with E-state index in [-0.39, 0.29) is 11.7 Å². The van der Waals surface area contributed by atoms with E-state index in [0.29, 0.717) is 23.0 Å². The van der Waals surface area contributed by atoms with Crippen LogP contribution in [0.25, 0.3) is 11.4 Å². The topological polar surface area (TPSA) is 86.2 Å². The van der Waals surface area contributed by atoms with E-state index in [1.54, 1.807) is 44.8 Å². The summed E-state index contributed by atoms with van der Waals surface area (Å²) in [6, 6.07) is 10.8. The van der Waals surface area contributed by atoms with Crippen molar-refractivity contribution in [2.75, 3.05) is 25.3 Å². The lowest BCUT2D eigenvalue weighted by Crippen LogP contribution is -2.14. The zero-order valence-corrected chi connectivity index (χ0v) is 16.6. The molecule has 0 aliphatic heterocycles. The normalized spacial score (nSPS) is 10.4. The number of carbonyl (C=O) groups excluding carboxylic acids is 1. The lowest BCUT2D eigenvalue weighted by atomic mass is 10.2. The molecule has 144 valence electrons. The third-order valence-electron chi connectivity index (χ3n) is 3.77. The maximum Gasteiger partial charge on any atom is 0.234 e. The van der Waals surface area contributed by atoms with Crippen LogP contribution in [0.3, 0.4) is 0 Å². The predicted molar refractivity (Wildman–Crippen MR) is 109 cm³/mol. The number of hydrogen-bond acceptors (Lipinski definition) is 7. The molecular weight excluding hydrogens is 376 g/mol. The van der Waals surface area contributed by atoms with Gasteiger partial charge < -0.3 is 14.8 Å². The van der Waals surface area contributed by atoms with Gasteiger partial charge in [0.25, 0.3) is 0 Å². The maximum absolute atomic E-state index is 12.3. The van der Waals surface area contributed by atoms with Crippen LogP contribution < -0.4 is 14.8 Å². The highest BCUT2D eigenvalue weighted by Gasteiger charge is 2.10. The van der Waals surface area contributed by atoms with Gasteiger partial charge in [-0.1, -0.05) is 11.8 Å². The number of rotatable bonds is 7. The molecule has 3 aromatic rings. The van der Waals surface area contributed by atoms with Crippen LogP contribution in [0.5, 0.6) is 11.5 Å². The van der Waals surface area contributed by atoms with E-state index < -0.39 is 0 Å². The summed E-state index contributed by atoms with van der Waals surface area (Å²) in [4.78, 5) is 25.4. The van der Waals surface area contributed by atoms with E-state index in [0.717, 1.165) is 16.3 Å². The van der Waals surface area contributed by atoms with Crippen LogP contribution in [0, 0.1) is 6.92 Å². The van der Waals surface area contributed by atoms with Gasteiger partial charge in [0.1, 0.15) is 5.03 Å². The molecule has 28 heavy (non-hydrogen) atoms. The maximum atomic E-state index is 12.3. The van der Waals surface area contributed by atoms with E-state index in [9.17, 15) is 4.79 Å². The number of aryl methyl sites for hydroxylation is 1. The first-order valence-corrected chi connectivity index (χ1v) is 9.48. The highest BCUT2D eigenvalue weighted by atomic mass is 32.2. The van der Waals surface area contributed by atoms with Crippen molar-refractivity contribution in [1.29, 1.82) is 0 Å². The fourth-order valence-corrected chi connectivity index (χ4v) is 3.24. The molecule has 0 spiro atoms. The Labute approximate surface area is 167 Å². The number of pyridine rings is 1. The number of aromatic nitrogens is 3. The Balaban J connectivity index is 1.66. The SMILES string of the molecule is COc1ccc(NC(=O)CSc2cc(C)nc(-c3cccnc3)n2)cc1OC. The molecule has 2 aromatic heterocycles. The quantitative estimate of drug-likeness (QED) is 0.482. The fourth-order valence-electron chi connectivity index (χ4n) is 2.49. The molecule has 1 N–H and O–H groups in total. The molecule has 0 aliphatic carbocycles. The molecule has 0 unspecified atom stereocenters. The lowest BCUT2D eigenvalue weighted by molar-refractivity contribution is -0.113. The predicted octanol–water partition coefficient (Wildman–Crippen LogP) is 3.60. The molecule has 0 atom stereocenters. The number of amides is 1. The van der Waals surface area contributed by atoms with Crippen LogP contribution in [-0.4, -0.2) is 40.8 Å². The summed E-state index contributed by atoms with van der Waals surface area (Å²) in [5.74, 6) is 1.83. The van der Waals surface area contributed by atoms with Gasteiger partial charge in [-0.15, -0.1) is 0 Å². The van der Waals surface area contributed by atoms with Gasteiger partial charge in [-0.25, -0.2) is 9.97 Å². The summed E-state index contributed by atoms with van der Waals surface area (Å²) in [7, 11) is 3.12. The van der Waals surface area contributed by atoms with Crippen molar-refractivity contribution in [3.8, 4) is 22.9 Å². The average molecular weight is 396 g/mol. The molecule has 0 radical (unpaired) electrons. The lowest BCUT2D eigenvalue weighted by Gasteiger charge is -2.10. The first kappa shape index (κ1) is 19.6. The molecule has 1 amide bonds. The molecule has 0 aliphatic rings. The van der Waals surface area contributed by atoms with E-state index >= 15 is 0 Å². The molecule has 2 heterocycles. The first-order valence-electron chi connectivity index (χ1n) is 8.50. The number of benzene rings is 1. The molecule has 1 aromatic carbocycles. The van der Waals surface area contributed by atoms with E-state index in [2.05, 4.69) is 20.3 Å². The Bertz CT molecular complexity index is 967. The standard InChI is InChI=1S/C20H20N4O3S/c1-13-9-19(24-20(22-13)14-5-4-8-21-11-14)28-12-18(25)23-15-6-7-16(26-2)17(10-15)27-3/h4-11H,12H2,1-3H3,(H,23,25). The largest absolute Gasteiger partial charge is 0.493 e. The van der Waals surface area contributed by atoms with Crippen LogP contribution in [0.15, 0.2) is 53.8 Å². The molecule has 0 bridgehead atoms. The number of nitrogens with zero attached hydrogens (tertiary/aromatic N) is 3. The molecular formula is C20H20N4O3S. The van der Waals surface area contributed by atoms with Crippen molar-refractivity contribution in [1.82, 2.24) is 15.0 Å². The smallest absolute Gasteiger partial charge is 0.234 e. The van der Waals surface area contributed by atoms with Crippen molar-refractivity contribution in [3.05, 3.63) is 54.5 Å². The summed E-state index contributed by atoms with van der Waals surface area (Å²) >= 11 is 1.35. The number of ether oxygens (including phenoxy) is 2. The molecule has 3 rings (SSSR count). The fraction of sp³-hybridized carbons (Fsp3) is 0.200. The van der Waals surface area contributed by atoms with Gasteiger partial charge in [-0.05, 0) is 37.3 Å². The number of anilines is 1. The Kier molecular flexibility index (Phi) is 6.44. The Morgan fingerprint density at radius 2 is 1.93 bits per heavy atom. The van der Waals surface area contributed by atoms with Crippen LogP contribution >= 0.6 is 11.8 Å². The number of nitrogens with one attached hydrogen (secondary N) is 1. The second-order valence-electron chi connectivity index (χ2n) is 5.82. The summed E-state index contributed by atoms with van der Waals surface area (Å²) in [6.07, 6.45) is 3.42. The average Bonchev–Trinajstić information content (AvgIpc) is 2.72. The first-order chi connectivity index (χ1) is 13.6. The van der Waals surface area contributed by atoms with Gasteiger partial charge in [-0.2, -0.15) is 0 Å². The van der Waals surface area contributed by atoms with Crippen LogP contribution in [0.2, 0.25) is 0 Å². The second-order valence-corrected chi connectivity index (χ2v) is 6.82. The van der Waals surface area contributed by atoms with Crippen molar-refractivity contribution >= 4 is 23.4 Å². The third kappa shape index (κ3) is 4.98. The Morgan fingerprint density at radius 3 is 2.64 bits per heavy atom. The van der Waals surface area contributed by atoms with Crippen LogP contribution in [0.4, 0.5) is 5.69 Å².